The molecule has 0 atom stereocenters. The summed E-state index contributed by atoms with van der Waals surface area (Å²) in [5, 5.41) is 8.97. The Morgan fingerprint density at radius 3 is 2.86 bits per heavy atom. The van der Waals surface area contributed by atoms with E-state index in [-0.39, 0.29) is 0 Å². The maximum absolute atomic E-state index is 5.89. The van der Waals surface area contributed by atoms with Crippen LogP contribution >= 0.6 is 0 Å². The van der Waals surface area contributed by atoms with Crippen molar-refractivity contribution >= 4 is 16.8 Å². The molecule has 2 N–H and O–H groups in total. The summed E-state index contributed by atoms with van der Waals surface area (Å²) in [6, 6.07) is 9.57. The molecule has 0 radical (unpaired) electrons. The molecule has 104 valence electrons. The molecule has 0 saturated carbocycles. The summed E-state index contributed by atoms with van der Waals surface area (Å²) in [7, 11) is 1.75. The van der Waals surface area contributed by atoms with Crippen molar-refractivity contribution in [3.05, 3.63) is 36.5 Å². The fraction of sp³-hybridized carbons (Fsp3) is 0.0714. The van der Waals surface area contributed by atoms with Gasteiger partial charge in [-0.15, -0.1) is 0 Å². The van der Waals surface area contributed by atoms with Crippen molar-refractivity contribution < 1.29 is 8.94 Å². The first-order valence-electron chi connectivity index (χ1n) is 6.33. The van der Waals surface area contributed by atoms with Crippen LogP contribution in [-0.2, 0) is 7.05 Å². The van der Waals surface area contributed by atoms with Crippen LogP contribution in [0.4, 0.5) is 5.82 Å². The van der Waals surface area contributed by atoms with Crippen molar-refractivity contribution in [2.75, 3.05) is 5.73 Å². The van der Waals surface area contributed by atoms with Gasteiger partial charge >= 0.3 is 0 Å². The number of hydrogen-bond donors (Lipinski definition) is 1. The lowest BCUT2D eigenvalue weighted by Gasteiger charge is -1.93. The largest absolute Gasteiger partial charge is 0.453 e. The molecule has 7 nitrogen and oxygen atoms in total. The normalized spacial score (nSPS) is 11.3. The highest BCUT2D eigenvalue weighted by Crippen LogP contribution is 2.29. The summed E-state index contributed by atoms with van der Waals surface area (Å²) in [4.78, 5) is 4.32. The van der Waals surface area contributed by atoms with Crippen LogP contribution in [0.25, 0.3) is 34.0 Å². The van der Waals surface area contributed by atoms with Crippen LogP contribution in [0, 0.1) is 0 Å². The SMILES string of the molecule is Cn1ncc(-c2nc(-c3cc4ccccc4o3)no2)c1N. The molecule has 0 aliphatic carbocycles. The van der Waals surface area contributed by atoms with Crippen LogP contribution < -0.4 is 5.73 Å². The van der Waals surface area contributed by atoms with Gasteiger partial charge in [-0.25, -0.2) is 0 Å². The second-order valence-corrected chi connectivity index (χ2v) is 4.64. The van der Waals surface area contributed by atoms with Crippen LogP contribution in [0.1, 0.15) is 0 Å². The van der Waals surface area contributed by atoms with Crippen LogP contribution in [-0.4, -0.2) is 19.9 Å². The molecule has 0 unspecified atom stereocenters. The Morgan fingerprint density at radius 1 is 1.24 bits per heavy atom. The van der Waals surface area contributed by atoms with Gasteiger partial charge in [0.05, 0.1) is 6.20 Å². The third-order valence-corrected chi connectivity index (χ3v) is 3.29. The third-order valence-electron chi connectivity index (χ3n) is 3.29. The van der Waals surface area contributed by atoms with E-state index in [4.69, 9.17) is 14.7 Å². The maximum Gasteiger partial charge on any atom is 0.263 e. The van der Waals surface area contributed by atoms with E-state index in [1.165, 1.54) is 0 Å². The lowest BCUT2D eigenvalue weighted by atomic mass is 10.2. The van der Waals surface area contributed by atoms with Crippen LogP contribution in [0.3, 0.4) is 0 Å². The molecule has 4 rings (SSSR count). The number of para-hydroxylation sites is 1. The van der Waals surface area contributed by atoms with Gasteiger partial charge in [-0.2, -0.15) is 10.1 Å². The van der Waals surface area contributed by atoms with Crippen molar-refractivity contribution in [3.8, 4) is 23.0 Å². The predicted molar refractivity (Wildman–Crippen MR) is 76.1 cm³/mol. The second kappa shape index (κ2) is 4.20. The van der Waals surface area contributed by atoms with E-state index in [0.29, 0.717) is 28.9 Å². The first kappa shape index (κ1) is 11.7. The molecule has 3 aromatic heterocycles. The summed E-state index contributed by atoms with van der Waals surface area (Å²) in [6.07, 6.45) is 1.59. The summed E-state index contributed by atoms with van der Waals surface area (Å²) < 4.78 is 12.5. The topological polar surface area (TPSA) is 95.9 Å². The van der Waals surface area contributed by atoms with E-state index >= 15 is 0 Å². The Labute approximate surface area is 119 Å². The van der Waals surface area contributed by atoms with Crippen molar-refractivity contribution in [3.63, 3.8) is 0 Å². The Hall–Kier alpha value is -3.09. The third kappa shape index (κ3) is 1.78. The van der Waals surface area contributed by atoms with Gasteiger partial charge in [0.15, 0.2) is 5.76 Å². The van der Waals surface area contributed by atoms with E-state index < -0.39 is 0 Å². The fourth-order valence-electron chi connectivity index (χ4n) is 2.14. The van der Waals surface area contributed by atoms with Gasteiger partial charge in [-0.05, 0) is 12.1 Å². The Bertz CT molecular complexity index is 901. The zero-order valence-corrected chi connectivity index (χ0v) is 11.1. The summed E-state index contributed by atoms with van der Waals surface area (Å²) in [5.74, 6) is 1.71. The second-order valence-electron chi connectivity index (χ2n) is 4.64. The van der Waals surface area contributed by atoms with Crippen molar-refractivity contribution in [1.29, 1.82) is 0 Å². The minimum Gasteiger partial charge on any atom is -0.453 e. The minimum atomic E-state index is 0.316. The maximum atomic E-state index is 5.89. The summed E-state index contributed by atoms with van der Waals surface area (Å²) in [5.41, 5.74) is 7.27. The van der Waals surface area contributed by atoms with Crippen molar-refractivity contribution in [2.45, 2.75) is 0 Å². The molecule has 0 amide bonds. The Kier molecular flexibility index (Phi) is 2.34. The number of nitrogen functional groups attached to an aromatic ring is 1. The highest BCUT2D eigenvalue weighted by molar-refractivity contribution is 5.81. The number of anilines is 1. The van der Waals surface area contributed by atoms with E-state index in [1.54, 1.807) is 17.9 Å². The van der Waals surface area contributed by atoms with Crippen molar-refractivity contribution in [1.82, 2.24) is 19.9 Å². The van der Waals surface area contributed by atoms with Crippen molar-refractivity contribution in [2.24, 2.45) is 7.05 Å². The van der Waals surface area contributed by atoms with E-state index in [9.17, 15) is 0 Å². The molecule has 0 spiro atoms. The molecule has 0 saturated heterocycles. The molecule has 0 fully saturated rings. The molecule has 7 heteroatoms. The molecule has 1 aromatic carbocycles. The summed E-state index contributed by atoms with van der Waals surface area (Å²) >= 11 is 0. The number of aryl methyl sites for hydroxylation is 1. The highest BCUT2D eigenvalue weighted by Gasteiger charge is 2.18. The smallest absolute Gasteiger partial charge is 0.263 e. The first-order valence-corrected chi connectivity index (χ1v) is 6.33. The number of furan rings is 1. The lowest BCUT2D eigenvalue weighted by Crippen LogP contribution is -1.98. The van der Waals surface area contributed by atoms with Gasteiger partial charge in [0.1, 0.15) is 17.0 Å². The van der Waals surface area contributed by atoms with Gasteiger partial charge in [0.2, 0.25) is 5.82 Å². The average Bonchev–Trinajstić information content (AvgIpc) is 3.18. The molecule has 0 bridgehead atoms. The average molecular weight is 281 g/mol. The quantitative estimate of drug-likeness (QED) is 0.606. The standard InChI is InChI=1S/C14H11N5O2/c1-19-12(15)9(7-16-19)14-17-13(18-21-14)11-6-8-4-2-3-5-10(8)20-11/h2-7H,15H2,1H3. The zero-order chi connectivity index (χ0) is 14.4. The van der Waals surface area contributed by atoms with Crippen LogP contribution in [0.5, 0.6) is 0 Å². The molecular formula is C14H11N5O2. The highest BCUT2D eigenvalue weighted by atomic mass is 16.5. The molecule has 4 aromatic rings. The minimum absolute atomic E-state index is 0.316. The number of benzene rings is 1. The molecule has 0 aliphatic heterocycles. The molecular weight excluding hydrogens is 270 g/mol. The first-order chi connectivity index (χ1) is 10.2. The van der Waals surface area contributed by atoms with Gasteiger partial charge in [-0.3, -0.25) is 4.68 Å². The lowest BCUT2D eigenvalue weighted by molar-refractivity contribution is 0.430. The van der Waals surface area contributed by atoms with Gasteiger partial charge in [0, 0.05) is 12.4 Å². The fourth-order valence-corrected chi connectivity index (χ4v) is 2.14. The number of nitrogens with two attached hydrogens (primary N) is 1. The number of aromatic nitrogens is 4. The molecule has 3 heterocycles. The van der Waals surface area contributed by atoms with Gasteiger partial charge in [0.25, 0.3) is 5.89 Å². The van der Waals surface area contributed by atoms with Crippen LogP contribution in [0.15, 0.2) is 45.5 Å². The molecule has 21 heavy (non-hydrogen) atoms. The van der Waals surface area contributed by atoms with Gasteiger partial charge < -0.3 is 14.7 Å². The number of hydrogen-bond acceptors (Lipinski definition) is 6. The summed E-state index contributed by atoms with van der Waals surface area (Å²) in [6.45, 7) is 0. The number of fused-ring (bicyclic) bond motifs is 1. The zero-order valence-electron chi connectivity index (χ0n) is 11.1. The predicted octanol–water partition coefficient (Wildman–Crippen LogP) is 2.47. The van der Waals surface area contributed by atoms with E-state index in [0.717, 1.165) is 11.0 Å². The molecule has 0 aliphatic rings. The van der Waals surface area contributed by atoms with Gasteiger partial charge in [-0.1, -0.05) is 23.4 Å². The number of rotatable bonds is 2. The Balaban J connectivity index is 1.78. The van der Waals surface area contributed by atoms with E-state index in [2.05, 4.69) is 15.2 Å². The Morgan fingerprint density at radius 2 is 2.10 bits per heavy atom. The van der Waals surface area contributed by atoms with Crippen LogP contribution in [0.2, 0.25) is 0 Å². The van der Waals surface area contributed by atoms with E-state index in [1.807, 2.05) is 30.3 Å². The monoisotopic (exact) mass is 281 g/mol. The number of nitrogens with zero attached hydrogens (tertiary/aromatic N) is 4.